The summed E-state index contributed by atoms with van der Waals surface area (Å²) >= 11 is 0. The fourth-order valence-electron chi connectivity index (χ4n) is 0.606. The molecule has 0 fully saturated rings. The van der Waals surface area contributed by atoms with Crippen molar-refractivity contribution < 1.29 is 24.3 Å². The van der Waals surface area contributed by atoms with Crippen LogP contribution in [0, 0.1) is 0 Å². The molecule has 0 aliphatic rings. The Morgan fingerprint density at radius 3 is 2.57 bits per heavy atom. The van der Waals surface area contributed by atoms with Crippen molar-refractivity contribution in [2.24, 2.45) is 5.73 Å². The number of rotatable bonds is 6. The number of carbonyl (C=O) groups excluding carboxylic acids is 2. The molecule has 4 N–H and O–H groups in total. The van der Waals surface area contributed by atoms with Crippen molar-refractivity contribution in [3.8, 4) is 0 Å². The maximum atomic E-state index is 10.9. The van der Waals surface area contributed by atoms with Gasteiger partial charge in [-0.05, 0) is 6.92 Å². The molecule has 82 valence electrons. The van der Waals surface area contributed by atoms with Crippen LogP contribution < -0.4 is 11.2 Å². The first-order valence-electron chi connectivity index (χ1n) is 3.84. The number of methoxy groups -OCH3 is 1. The maximum Gasteiger partial charge on any atom is 0.338 e. The highest BCUT2D eigenvalue weighted by atomic mass is 16.6. The molecule has 0 aromatic rings. The van der Waals surface area contributed by atoms with Gasteiger partial charge < -0.3 is 15.6 Å². The molecule has 0 bridgehead atoms. The van der Waals surface area contributed by atoms with Gasteiger partial charge in [0.1, 0.15) is 6.61 Å². The standard InChI is InChI=1S/C7H14N2O5/c1-7(12,6(11)13-2)4-9-14-3-5(8)10/h9,12H,3-4H2,1-2H3,(H2,8,10). The highest BCUT2D eigenvalue weighted by Gasteiger charge is 2.31. The van der Waals surface area contributed by atoms with E-state index in [0.717, 1.165) is 7.11 Å². The Labute approximate surface area is 81.1 Å². The summed E-state index contributed by atoms with van der Waals surface area (Å²) in [5.41, 5.74) is 5.29. The minimum absolute atomic E-state index is 0.201. The number of hydrogen-bond donors (Lipinski definition) is 3. The second kappa shape index (κ2) is 5.53. The predicted octanol–water partition coefficient (Wildman–Crippen LogP) is -2.08. The van der Waals surface area contributed by atoms with Crippen molar-refractivity contribution in [1.82, 2.24) is 5.48 Å². The van der Waals surface area contributed by atoms with Crippen LogP contribution in [0.3, 0.4) is 0 Å². The Hall–Kier alpha value is -1.18. The SMILES string of the molecule is COC(=O)C(C)(O)CNOCC(N)=O. The van der Waals surface area contributed by atoms with Gasteiger partial charge in [-0.2, -0.15) is 5.48 Å². The molecule has 0 heterocycles. The Bertz CT molecular complexity index is 216. The van der Waals surface area contributed by atoms with Gasteiger partial charge in [-0.1, -0.05) is 0 Å². The van der Waals surface area contributed by atoms with E-state index in [1.54, 1.807) is 0 Å². The van der Waals surface area contributed by atoms with Crippen molar-refractivity contribution in [3.05, 3.63) is 0 Å². The first-order chi connectivity index (χ1) is 6.40. The molecule has 0 saturated heterocycles. The zero-order valence-electron chi connectivity index (χ0n) is 8.07. The molecule has 1 amide bonds. The Balaban J connectivity index is 3.76. The number of esters is 1. The van der Waals surface area contributed by atoms with Gasteiger partial charge in [0.25, 0.3) is 0 Å². The molecule has 1 atom stereocenters. The molecule has 14 heavy (non-hydrogen) atoms. The average Bonchev–Trinajstić information content (AvgIpc) is 2.10. The summed E-state index contributed by atoms with van der Waals surface area (Å²) in [7, 11) is 1.15. The lowest BCUT2D eigenvalue weighted by atomic mass is 10.1. The highest BCUT2D eigenvalue weighted by molar-refractivity contribution is 5.78. The van der Waals surface area contributed by atoms with Gasteiger partial charge in [0.15, 0.2) is 5.60 Å². The van der Waals surface area contributed by atoms with E-state index < -0.39 is 17.5 Å². The normalized spacial score (nSPS) is 14.5. The number of ether oxygens (including phenoxy) is 1. The minimum atomic E-state index is -1.70. The largest absolute Gasteiger partial charge is 0.467 e. The number of aliphatic hydroxyl groups is 1. The Morgan fingerprint density at radius 2 is 2.14 bits per heavy atom. The lowest BCUT2D eigenvalue weighted by molar-refractivity contribution is -0.162. The fraction of sp³-hybridized carbons (Fsp3) is 0.714. The second-order valence-corrected chi connectivity index (χ2v) is 2.84. The monoisotopic (exact) mass is 206 g/mol. The van der Waals surface area contributed by atoms with Gasteiger partial charge in [0, 0.05) is 0 Å². The molecule has 7 nitrogen and oxygen atoms in total. The molecule has 0 aliphatic heterocycles. The lowest BCUT2D eigenvalue weighted by Crippen LogP contribution is -2.46. The zero-order valence-corrected chi connectivity index (χ0v) is 8.07. The van der Waals surface area contributed by atoms with Gasteiger partial charge in [-0.3, -0.25) is 9.63 Å². The number of hydroxylamine groups is 1. The van der Waals surface area contributed by atoms with Crippen molar-refractivity contribution >= 4 is 11.9 Å². The first-order valence-corrected chi connectivity index (χ1v) is 3.84. The number of carbonyl (C=O) groups is 2. The fourth-order valence-corrected chi connectivity index (χ4v) is 0.606. The van der Waals surface area contributed by atoms with E-state index >= 15 is 0 Å². The van der Waals surface area contributed by atoms with Crippen molar-refractivity contribution in [2.45, 2.75) is 12.5 Å². The molecule has 0 radical (unpaired) electrons. The summed E-state index contributed by atoms with van der Waals surface area (Å²) in [6, 6.07) is 0. The van der Waals surface area contributed by atoms with Gasteiger partial charge in [-0.15, -0.1) is 0 Å². The number of nitrogens with one attached hydrogen (secondary N) is 1. The zero-order chi connectivity index (χ0) is 11.2. The Morgan fingerprint density at radius 1 is 1.57 bits per heavy atom. The van der Waals surface area contributed by atoms with E-state index in [1.807, 2.05) is 0 Å². The summed E-state index contributed by atoms with van der Waals surface area (Å²) in [5.74, 6) is -1.46. The van der Waals surface area contributed by atoms with Crippen LogP contribution in [-0.2, 0) is 19.2 Å². The Kier molecular flexibility index (Phi) is 5.06. The second-order valence-electron chi connectivity index (χ2n) is 2.84. The van der Waals surface area contributed by atoms with E-state index in [4.69, 9.17) is 5.73 Å². The van der Waals surface area contributed by atoms with Crippen LogP contribution in [-0.4, -0.2) is 42.8 Å². The van der Waals surface area contributed by atoms with E-state index in [0.29, 0.717) is 0 Å². The summed E-state index contributed by atoms with van der Waals surface area (Å²) in [5, 5.41) is 9.41. The van der Waals surface area contributed by atoms with Gasteiger partial charge >= 0.3 is 5.97 Å². The maximum absolute atomic E-state index is 10.9. The van der Waals surface area contributed by atoms with Crippen molar-refractivity contribution in [2.75, 3.05) is 20.3 Å². The van der Waals surface area contributed by atoms with Crippen molar-refractivity contribution in [1.29, 1.82) is 0 Å². The minimum Gasteiger partial charge on any atom is -0.467 e. The predicted molar refractivity (Wildman–Crippen MR) is 45.8 cm³/mol. The summed E-state index contributed by atoms with van der Waals surface area (Å²) in [4.78, 5) is 25.7. The van der Waals surface area contributed by atoms with E-state index in [1.165, 1.54) is 6.92 Å². The lowest BCUT2D eigenvalue weighted by Gasteiger charge is -2.19. The summed E-state index contributed by atoms with van der Waals surface area (Å²) < 4.78 is 4.32. The third-order valence-electron chi connectivity index (χ3n) is 1.36. The quantitative estimate of drug-likeness (QED) is 0.261. The average molecular weight is 206 g/mol. The molecule has 0 saturated carbocycles. The number of primary amides is 1. The van der Waals surface area contributed by atoms with Crippen LogP contribution in [0.15, 0.2) is 0 Å². The van der Waals surface area contributed by atoms with Crippen LogP contribution in [0.4, 0.5) is 0 Å². The van der Waals surface area contributed by atoms with Crippen LogP contribution in [0.1, 0.15) is 6.92 Å². The molecule has 0 spiro atoms. The molecule has 0 rings (SSSR count). The highest BCUT2D eigenvalue weighted by Crippen LogP contribution is 2.03. The van der Waals surface area contributed by atoms with Crippen molar-refractivity contribution in [3.63, 3.8) is 0 Å². The van der Waals surface area contributed by atoms with Gasteiger partial charge in [0.2, 0.25) is 5.91 Å². The van der Waals surface area contributed by atoms with E-state index in [-0.39, 0.29) is 13.2 Å². The molecular formula is C7H14N2O5. The van der Waals surface area contributed by atoms with E-state index in [2.05, 4.69) is 15.1 Å². The van der Waals surface area contributed by atoms with E-state index in [9.17, 15) is 14.7 Å². The van der Waals surface area contributed by atoms with Crippen LogP contribution in [0.5, 0.6) is 0 Å². The van der Waals surface area contributed by atoms with Crippen LogP contribution in [0.25, 0.3) is 0 Å². The van der Waals surface area contributed by atoms with Crippen LogP contribution in [0.2, 0.25) is 0 Å². The molecule has 0 aliphatic carbocycles. The first kappa shape index (κ1) is 12.8. The summed E-state index contributed by atoms with van der Waals surface area (Å²) in [6.07, 6.45) is 0. The topological polar surface area (TPSA) is 111 Å². The number of nitrogens with two attached hydrogens (primary N) is 1. The van der Waals surface area contributed by atoms with Gasteiger partial charge in [-0.25, -0.2) is 4.79 Å². The van der Waals surface area contributed by atoms with Gasteiger partial charge in [0.05, 0.1) is 13.7 Å². The number of amides is 1. The third-order valence-corrected chi connectivity index (χ3v) is 1.36. The number of hydrogen-bond acceptors (Lipinski definition) is 6. The molecule has 0 aromatic carbocycles. The molecule has 0 aromatic heterocycles. The molecule has 7 heteroatoms. The summed E-state index contributed by atoms with van der Waals surface area (Å²) in [6.45, 7) is 0.712. The smallest absolute Gasteiger partial charge is 0.338 e. The van der Waals surface area contributed by atoms with Crippen LogP contribution >= 0.6 is 0 Å². The molecular weight excluding hydrogens is 192 g/mol. The molecule has 1 unspecified atom stereocenters. The third kappa shape index (κ3) is 4.75.